The van der Waals surface area contributed by atoms with Gasteiger partial charge in [0.2, 0.25) is 0 Å². The number of unbranched alkanes of at least 4 members (excludes halogenated alkanes) is 47. The van der Waals surface area contributed by atoms with E-state index >= 15 is 0 Å². The van der Waals surface area contributed by atoms with Gasteiger partial charge in [0.1, 0.15) is 0 Å². The molecule has 0 aromatic rings. The Morgan fingerprint density at radius 1 is 0.259 bits per heavy atom. The highest BCUT2D eigenvalue weighted by Gasteiger charge is 2.11. The van der Waals surface area contributed by atoms with Gasteiger partial charge in [0.15, 0.2) is 0 Å². The van der Waals surface area contributed by atoms with Gasteiger partial charge in [-0.1, -0.05) is 357 Å². The van der Waals surface area contributed by atoms with Crippen LogP contribution >= 0.6 is 0 Å². The van der Waals surface area contributed by atoms with Crippen molar-refractivity contribution in [2.24, 2.45) is 5.41 Å². The van der Waals surface area contributed by atoms with E-state index in [1.54, 1.807) is 0 Å². The molecule has 58 heavy (non-hydrogen) atoms. The van der Waals surface area contributed by atoms with Crippen LogP contribution in [0.4, 0.5) is 0 Å². The third-order valence-corrected chi connectivity index (χ3v) is 12.7. The summed E-state index contributed by atoms with van der Waals surface area (Å²) < 4.78 is 0. The summed E-state index contributed by atoms with van der Waals surface area (Å²) in [5, 5.41) is 0. The topological polar surface area (TPSA) is 0 Å². The Morgan fingerprint density at radius 2 is 0.397 bits per heavy atom. The van der Waals surface area contributed by atoms with E-state index < -0.39 is 0 Å². The predicted molar refractivity (Wildman–Crippen MR) is 271 cm³/mol. The maximum atomic E-state index is 3.94. The van der Waals surface area contributed by atoms with Crippen molar-refractivity contribution in [3.05, 3.63) is 12.8 Å². The molecule has 0 aliphatic heterocycles. The van der Waals surface area contributed by atoms with Crippen LogP contribution in [0.15, 0.2) is 0 Å². The monoisotopic (exact) mass is 815 g/mol. The molecule has 0 rings (SSSR count). The van der Waals surface area contributed by atoms with Crippen LogP contribution in [0.2, 0.25) is 0 Å². The van der Waals surface area contributed by atoms with Gasteiger partial charge in [0.25, 0.3) is 0 Å². The zero-order valence-corrected chi connectivity index (χ0v) is 42.4. The Hall–Kier alpha value is 0. The van der Waals surface area contributed by atoms with E-state index in [9.17, 15) is 0 Å². The molecule has 0 atom stereocenters. The molecule has 0 nitrogen and oxygen atoms in total. The average molecular weight is 816 g/mol. The lowest BCUT2D eigenvalue weighted by Crippen LogP contribution is -2.07. The van der Waals surface area contributed by atoms with Gasteiger partial charge in [-0.3, -0.25) is 0 Å². The second-order valence-electron chi connectivity index (χ2n) is 21.1. The first-order valence-electron chi connectivity index (χ1n) is 27.9. The first kappa shape index (κ1) is 60.1. The van der Waals surface area contributed by atoms with Gasteiger partial charge in [0, 0.05) is 0 Å². The molecule has 0 unspecified atom stereocenters. The van der Waals surface area contributed by atoms with Gasteiger partial charge in [-0.2, -0.15) is 0 Å². The lowest BCUT2D eigenvalue weighted by Gasteiger charge is -2.19. The van der Waals surface area contributed by atoms with Crippen LogP contribution in [0.3, 0.4) is 0 Å². The van der Waals surface area contributed by atoms with E-state index in [0.29, 0.717) is 5.41 Å². The summed E-state index contributed by atoms with van der Waals surface area (Å²) in [6.45, 7) is 17.4. The zero-order valence-electron chi connectivity index (χ0n) is 42.4. The van der Waals surface area contributed by atoms with Gasteiger partial charge in [-0.05, 0) is 17.8 Å². The minimum Gasteiger partial charge on any atom is -0.0654 e. The average Bonchev–Trinajstić information content (AvgIpc) is 3.18. The molecule has 0 saturated carbocycles. The number of rotatable bonds is 48. The molecule has 0 N–H and O–H groups in total. The molecule has 2 radical (unpaired) electrons. The van der Waals surface area contributed by atoms with Crippen LogP contribution in [0.5, 0.6) is 0 Å². The summed E-state index contributed by atoms with van der Waals surface area (Å²) in [7, 11) is 0. The van der Waals surface area contributed by atoms with Gasteiger partial charge in [-0.15, -0.1) is 0 Å². The van der Waals surface area contributed by atoms with Crippen molar-refractivity contribution in [1.82, 2.24) is 0 Å². The Morgan fingerprint density at radius 3 is 0.483 bits per heavy atom. The van der Waals surface area contributed by atoms with Gasteiger partial charge < -0.3 is 0 Å². The molecule has 0 fully saturated rings. The molecule has 0 aliphatic rings. The molecule has 0 aromatic heterocycles. The zero-order chi connectivity index (χ0) is 42.7. The molecule has 0 aliphatic carbocycles. The first-order valence-corrected chi connectivity index (χ1v) is 27.9. The molecule has 350 valence electrons. The molecule has 0 saturated heterocycles. The molecule has 0 aromatic carbocycles. The van der Waals surface area contributed by atoms with Crippen molar-refractivity contribution >= 4 is 0 Å². The highest BCUT2D eigenvalue weighted by atomic mass is 14.2. The van der Waals surface area contributed by atoms with Crippen molar-refractivity contribution < 1.29 is 0 Å². The lowest BCUT2D eigenvalue weighted by molar-refractivity contribution is 0.389. The molecule has 0 spiro atoms. The van der Waals surface area contributed by atoms with Crippen LogP contribution in [-0.2, 0) is 0 Å². The van der Waals surface area contributed by atoms with Crippen LogP contribution in [0.1, 0.15) is 356 Å². The predicted octanol–water partition coefficient (Wildman–Crippen LogP) is 22.6. The maximum absolute atomic E-state index is 3.94. The second-order valence-corrected chi connectivity index (χ2v) is 21.1. The molecule has 0 heteroatoms. The minimum atomic E-state index is 0.485. The van der Waals surface area contributed by atoms with E-state index in [-0.39, 0.29) is 0 Å². The Labute approximate surface area is 373 Å². The van der Waals surface area contributed by atoms with Crippen molar-refractivity contribution in [3.8, 4) is 0 Å². The smallest absolute Gasteiger partial charge is 0.0298 e. The van der Waals surface area contributed by atoms with E-state index in [4.69, 9.17) is 0 Å². The second kappa shape index (κ2) is 53.1. The third kappa shape index (κ3) is 62.6. The van der Waals surface area contributed by atoms with Crippen molar-refractivity contribution in [2.75, 3.05) is 0 Å². The Kier molecular flexibility index (Phi) is 55.1. The molecular weight excluding hydrogens is 697 g/mol. The van der Waals surface area contributed by atoms with Crippen LogP contribution in [-0.4, -0.2) is 0 Å². The van der Waals surface area contributed by atoms with Crippen LogP contribution in [0, 0.1) is 18.3 Å². The summed E-state index contributed by atoms with van der Waals surface area (Å²) in [5.74, 6) is 1.53. The van der Waals surface area contributed by atoms with Gasteiger partial charge >= 0.3 is 0 Å². The lowest BCUT2D eigenvalue weighted by atomic mass is 9.86. The summed E-state index contributed by atoms with van der Waals surface area (Å²) in [6.07, 6.45) is 72.0. The van der Waals surface area contributed by atoms with Crippen molar-refractivity contribution in [3.63, 3.8) is 0 Å². The first-order chi connectivity index (χ1) is 28.3. The van der Waals surface area contributed by atoms with Gasteiger partial charge in [0.05, 0.1) is 0 Å². The largest absolute Gasteiger partial charge is 0.0654 e. The van der Waals surface area contributed by atoms with Crippen molar-refractivity contribution in [2.45, 2.75) is 356 Å². The Bertz CT molecular complexity index is 620. The molecule has 0 amide bonds. The molecule has 0 bridgehead atoms. The number of hydrogen-bond donors (Lipinski definition) is 0. The highest BCUT2D eigenvalue weighted by molar-refractivity contribution is 4.82. The maximum Gasteiger partial charge on any atom is -0.0298 e. The normalized spacial score (nSPS) is 11.8. The van der Waals surface area contributed by atoms with Crippen LogP contribution < -0.4 is 0 Å². The van der Waals surface area contributed by atoms with E-state index in [1.807, 2.05) is 0 Å². The summed E-state index contributed by atoms with van der Waals surface area (Å²) >= 11 is 0. The minimum absolute atomic E-state index is 0.485. The number of hydrogen-bond acceptors (Lipinski definition) is 0. The van der Waals surface area contributed by atoms with E-state index in [0.717, 1.165) is 6.42 Å². The van der Waals surface area contributed by atoms with E-state index in [1.165, 1.54) is 314 Å². The van der Waals surface area contributed by atoms with Crippen LogP contribution in [0.25, 0.3) is 0 Å². The SMILES string of the molecule is C[C](C)CC(C)(C)C.[CH2]CCCCCCCCCCCCCCCCCCCCCCCCCCCCCCCCCCCCCCCCCCCCCCCCC. The summed E-state index contributed by atoms with van der Waals surface area (Å²) in [4.78, 5) is 0. The summed E-state index contributed by atoms with van der Waals surface area (Å²) in [5.41, 5.74) is 0.485. The van der Waals surface area contributed by atoms with E-state index in [2.05, 4.69) is 48.5 Å². The third-order valence-electron chi connectivity index (χ3n) is 12.7. The fourth-order valence-electron chi connectivity index (χ4n) is 9.27. The quantitative estimate of drug-likeness (QED) is 0.0537. The molecular formula is C58H118. The fraction of sp³-hybridized carbons (Fsp3) is 0.966. The van der Waals surface area contributed by atoms with Crippen molar-refractivity contribution in [1.29, 1.82) is 0 Å². The van der Waals surface area contributed by atoms with Gasteiger partial charge in [-0.25, -0.2) is 0 Å². The highest BCUT2D eigenvalue weighted by Crippen LogP contribution is 2.24. The summed E-state index contributed by atoms with van der Waals surface area (Å²) in [6, 6.07) is 0. The standard InChI is InChI=1S/C50H101.C8H17/c1-3-5-7-9-11-13-15-17-19-21-23-25-27-29-31-33-35-37-39-41-43-45-47-49-50-48-46-44-42-40-38-36-34-32-30-28-26-24-22-20-18-16-14-12-10-8-6-4-2;1-7(2)6-8(3,4)5/h1,3-50H2,2H3;6H2,1-5H3. The Balaban J connectivity index is 0. The molecule has 0 heterocycles. The fourth-order valence-corrected chi connectivity index (χ4v) is 9.27.